The lowest BCUT2D eigenvalue weighted by Gasteiger charge is -2.32. The molecule has 0 aromatic heterocycles. The van der Waals surface area contributed by atoms with Gasteiger partial charge in [-0.3, -0.25) is 4.79 Å². The zero-order valence-electron chi connectivity index (χ0n) is 17.2. The van der Waals surface area contributed by atoms with E-state index in [-0.39, 0.29) is 11.9 Å². The molecule has 154 valence electrons. The van der Waals surface area contributed by atoms with Crippen LogP contribution >= 0.6 is 0 Å². The third-order valence-corrected chi connectivity index (χ3v) is 6.33. The molecule has 1 aromatic rings. The van der Waals surface area contributed by atoms with E-state index >= 15 is 0 Å². The normalized spacial score (nSPS) is 18.2. The van der Waals surface area contributed by atoms with Crippen LogP contribution in [0.5, 0.6) is 0 Å². The summed E-state index contributed by atoms with van der Waals surface area (Å²) in [6.07, 6.45) is 10.1. The van der Waals surface area contributed by atoms with E-state index in [0.29, 0.717) is 12.3 Å². The van der Waals surface area contributed by atoms with E-state index in [2.05, 4.69) is 10.6 Å². The molecular weight excluding hydrogens is 350 g/mol. The summed E-state index contributed by atoms with van der Waals surface area (Å²) >= 11 is 0. The van der Waals surface area contributed by atoms with Crippen molar-refractivity contribution < 1.29 is 9.59 Å². The first kappa shape index (κ1) is 20.7. The van der Waals surface area contributed by atoms with Gasteiger partial charge in [0.15, 0.2) is 0 Å². The average molecular weight is 386 g/mol. The van der Waals surface area contributed by atoms with Crippen LogP contribution in [-0.4, -0.2) is 36.5 Å². The number of aryl methyl sites for hydroxylation is 1. The Bertz CT molecular complexity index is 630. The van der Waals surface area contributed by atoms with E-state index in [1.807, 2.05) is 36.1 Å². The number of urea groups is 1. The SMILES string of the molecule is Cc1ccc(NC(=O)N2CCC(CCNC(=O)CCC3CCCC3)CC2)cc1. The molecule has 1 aliphatic heterocycles. The number of benzene rings is 1. The highest BCUT2D eigenvalue weighted by Gasteiger charge is 2.23. The van der Waals surface area contributed by atoms with Crippen LogP contribution < -0.4 is 10.6 Å². The van der Waals surface area contributed by atoms with Gasteiger partial charge in [0.05, 0.1) is 0 Å². The van der Waals surface area contributed by atoms with E-state index in [0.717, 1.165) is 56.9 Å². The number of nitrogens with zero attached hydrogens (tertiary/aromatic N) is 1. The zero-order chi connectivity index (χ0) is 19.8. The minimum absolute atomic E-state index is 0.0116. The minimum Gasteiger partial charge on any atom is -0.356 e. The Morgan fingerprint density at radius 1 is 0.964 bits per heavy atom. The number of anilines is 1. The molecule has 5 heteroatoms. The summed E-state index contributed by atoms with van der Waals surface area (Å²) in [6, 6.07) is 7.88. The molecule has 3 rings (SSSR count). The van der Waals surface area contributed by atoms with Crippen molar-refractivity contribution >= 4 is 17.6 Å². The van der Waals surface area contributed by atoms with Crippen LogP contribution in [0.2, 0.25) is 0 Å². The van der Waals surface area contributed by atoms with Gasteiger partial charge in [0.1, 0.15) is 0 Å². The monoisotopic (exact) mass is 385 g/mol. The van der Waals surface area contributed by atoms with Crippen LogP contribution in [0, 0.1) is 18.8 Å². The lowest BCUT2D eigenvalue weighted by Crippen LogP contribution is -2.41. The largest absolute Gasteiger partial charge is 0.356 e. The topological polar surface area (TPSA) is 61.4 Å². The number of hydrogen-bond donors (Lipinski definition) is 2. The van der Waals surface area contributed by atoms with Gasteiger partial charge in [-0.15, -0.1) is 0 Å². The predicted octanol–water partition coefficient (Wildman–Crippen LogP) is 4.72. The molecule has 1 aliphatic carbocycles. The third-order valence-electron chi connectivity index (χ3n) is 6.33. The van der Waals surface area contributed by atoms with Gasteiger partial charge < -0.3 is 15.5 Å². The molecule has 3 amide bonds. The molecule has 2 aliphatic rings. The highest BCUT2D eigenvalue weighted by Crippen LogP contribution is 2.28. The minimum atomic E-state index is -0.0116. The molecule has 5 nitrogen and oxygen atoms in total. The van der Waals surface area contributed by atoms with Crippen LogP contribution in [0.3, 0.4) is 0 Å². The maximum Gasteiger partial charge on any atom is 0.321 e. The number of nitrogens with one attached hydrogen (secondary N) is 2. The van der Waals surface area contributed by atoms with E-state index < -0.39 is 0 Å². The molecule has 0 unspecified atom stereocenters. The third kappa shape index (κ3) is 6.54. The first-order chi connectivity index (χ1) is 13.6. The maximum absolute atomic E-state index is 12.4. The fourth-order valence-corrected chi connectivity index (χ4v) is 4.40. The maximum atomic E-state index is 12.4. The first-order valence-corrected chi connectivity index (χ1v) is 11.0. The molecule has 2 N–H and O–H groups in total. The van der Waals surface area contributed by atoms with Crippen LogP contribution in [0.1, 0.15) is 63.4 Å². The highest BCUT2D eigenvalue weighted by molar-refractivity contribution is 5.89. The Labute approximate surface area is 169 Å². The number of amides is 3. The van der Waals surface area contributed by atoms with Gasteiger partial charge in [-0.25, -0.2) is 4.79 Å². The van der Waals surface area contributed by atoms with Crippen molar-refractivity contribution in [3.63, 3.8) is 0 Å². The predicted molar refractivity (Wildman–Crippen MR) is 113 cm³/mol. The van der Waals surface area contributed by atoms with Gasteiger partial charge in [-0.1, -0.05) is 43.4 Å². The standard InChI is InChI=1S/C23H35N3O2/c1-18-6-9-21(10-7-18)25-23(28)26-16-13-20(14-17-26)12-15-24-22(27)11-8-19-4-2-3-5-19/h6-7,9-10,19-20H,2-5,8,11-17H2,1H3,(H,24,27)(H,25,28). The molecule has 0 atom stereocenters. The fourth-order valence-electron chi connectivity index (χ4n) is 4.40. The molecule has 2 fully saturated rings. The molecule has 28 heavy (non-hydrogen) atoms. The number of hydrogen-bond acceptors (Lipinski definition) is 2. The van der Waals surface area contributed by atoms with Crippen molar-refractivity contribution in [1.29, 1.82) is 0 Å². The van der Waals surface area contributed by atoms with E-state index in [4.69, 9.17) is 0 Å². The van der Waals surface area contributed by atoms with Crippen molar-refractivity contribution in [2.45, 2.75) is 64.7 Å². The Kier molecular flexibility index (Phi) is 7.75. The summed E-state index contributed by atoms with van der Waals surface area (Å²) in [6.45, 7) is 4.38. The number of carbonyl (C=O) groups is 2. The molecule has 0 bridgehead atoms. The summed E-state index contributed by atoms with van der Waals surface area (Å²) in [5, 5.41) is 6.07. The lowest BCUT2D eigenvalue weighted by molar-refractivity contribution is -0.121. The summed E-state index contributed by atoms with van der Waals surface area (Å²) in [5.74, 6) is 1.58. The zero-order valence-corrected chi connectivity index (χ0v) is 17.2. The van der Waals surface area contributed by atoms with Crippen molar-refractivity contribution in [3.8, 4) is 0 Å². The number of likely N-dealkylation sites (tertiary alicyclic amines) is 1. The summed E-state index contributed by atoms with van der Waals surface area (Å²) < 4.78 is 0. The quantitative estimate of drug-likeness (QED) is 0.714. The molecule has 1 saturated carbocycles. The smallest absolute Gasteiger partial charge is 0.321 e. The number of piperidine rings is 1. The van der Waals surface area contributed by atoms with Gasteiger partial charge in [-0.05, 0) is 56.6 Å². The first-order valence-electron chi connectivity index (χ1n) is 11.0. The van der Waals surface area contributed by atoms with Gasteiger partial charge in [0, 0.05) is 31.7 Å². The van der Waals surface area contributed by atoms with Gasteiger partial charge >= 0.3 is 6.03 Å². The van der Waals surface area contributed by atoms with E-state index in [1.165, 1.54) is 31.2 Å². The molecule has 1 heterocycles. The van der Waals surface area contributed by atoms with Crippen LogP contribution in [0.15, 0.2) is 24.3 Å². The van der Waals surface area contributed by atoms with Gasteiger partial charge in [-0.2, -0.15) is 0 Å². The summed E-state index contributed by atoms with van der Waals surface area (Å²) in [7, 11) is 0. The molecule has 1 aromatic carbocycles. The van der Waals surface area contributed by atoms with Crippen LogP contribution in [-0.2, 0) is 4.79 Å². The van der Waals surface area contributed by atoms with E-state index in [1.54, 1.807) is 0 Å². The molecule has 0 spiro atoms. The van der Waals surface area contributed by atoms with Crippen molar-refractivity contribution in [3.05, 3.63) is 29.8 Å². The number of carbonyl (C=O) groups excluding carboxylic acids is 2. The van der Waals surface area contributed by atoms with Crippen molar-refractivity contribution in [2.24, 2.45) is 11.8 Å². The average Bonchev–Trinajstić information content (AvgIpc) is 3.22. The van der Waals surface area contributed by atoms with Gasteiger partial charge in [0.25, 0.3) is 0 Å². The molecule has 0 radical (unpaired) electrons. The molecule has 1 saturated heterocycles. The Hall–Kier alpha value is -2.04. The molecular formula is C23H35N3O2. The van der Waals surface area contributed by atoms with Crippen LogP contribution in [0.25, 0.3) is 0 Å². The second-order valence-electron chi connectivity index (χ2n) is 8.55. The second kappa shape index (κ2) is 10.5. The van der Waals surface area contributed by atoms with Crippen molar-refractivity contribution in [1.82, 2.24) is 10.2 Å². The highest BCUT2D eigenvalue weighted by atomic mass is 16.2. The summed E-state index contributed by atoms with van der Waals surface area (Å²) in [5.41, 5.74) is 2.03. The summed E-state index contributed by atoms with van der Waals surface area (Å²) in [4.78, 5) is 26.3. The van der Waals surface area contributed by atoms with Gasteiger partial charge in [0.2, 0.25) is 5.91 Å². The Balaban J connectivity index is 1.27. The second-order valence-corrected chi connectivity index (χ2v) is 8.55. The number of rotatable bonds is 7. The van der Waals surface area contributed by atoms with Crippen molar-refractivity contribution in [2.75, 3.05) is 25.0 Å². The van der Waals surface area contributed by atoms with E-state index in [9.17, 15) is 9.59 Å². The Morgan fingerprint density at radius 2 is 1.61 bits per heavy atom. The lowest BCUT2D eigenvalue weighted by atomic mass is 9.93. The fraction of sp³-hybridized carbons (Fsp3) is 0.652. The Morgan fingerprint density at radius 3 is 2.29 bits per heavy atom. The van der Waals surface area contributed by atoms with Crippen LogP contribution in [0.4, 0.5) is 10.5 Å².